The number of aliphatic hydroxyl groups excluding tert-OH is 1. The minimum absolute atomic E-state index is 0.0587. The van der Waals surface area contributed by atoms with Gasteiger partial charge in [-0.1, -0.05) is 12.2 Å². The zero-order chi connectivity index (χ0) is 30.7. The van der Waals surface area contributed by atoms with Crippen LogP contribution in [-0.2, 0) is 14.4 Å². The fourth-order valence-corrected chi connectivity index (χ4v) is 9.60. The molecular formula is C33H47N3O5S. The molecule has 1 aromatic rings. The molecule has 1 spiro atoms. The van der Waals surface area contributed by atoms with Gasteiger partial charge in [-0.05, 0) is 84.1 Å². The fourth-order valence-electron chi connectivity index (χ4n) is 7.25. The third kappa shape index (κ3) is 5.62. The predicted molar refractivity (Wildman–Crippen MR) is 169 cm³/mol. The molecule has 0 saturated carbocycles. The van der Waals surface area contributed by atoms with Crippen molar-refractivity contribution in [2.45, 2.75) is 81.4 Å². The molecule has 3 fully saturated rings. The lowest BCUT2D eigenvalue weighted by atomic mass is 9.66. The Labute approximate surface area is 255 Å². The number of hydrogen-bond acceptors (Lipinski definition) is 6. The van der Waals surface area contributed by atoms with E-state index in [9.17, 15) is 19.5 Å². The second-order valence-electron chi connectivity index (χ2n) is 12.1. The van der Waals surface area contributed by atoms with Gasteiger partial charge in [0.1, 0.15) is 11.8 Å². The summed E-state index contributed by atoms with van der Waals surface area (Å²) in [6, 6.07) is 6.74. The summed E-state index contributed by atoms with van der Waals surface area (Å²) in [6.07, 6.45) is 7.01. The number of fused-ring (bicyclic) bond motifs is 1. The third-order valence-corrected chi connectivity index (χ3v) is 11.1. The van der Waals surface area contributed by atoms with Crippen LogP contribution in [0.25, 0.3) is 0 Å². The van der Waals surface area contributed by atoms with Crippen molar-refractivity contribution in [3.8, 4) is 5.75 Å². The van der Waals surface area contributed by atoms with Crippen molar-refractivity contribution >= 4 is 35.2 Å². The second-order valence-corrected chi connectivity index (χ2v) is 14.0. The number of thioether (sulfide) groups is 1. The van der Waals surface area contributed by atoms with Crippen LogP contribution in [0.3, 0.4) is 0 Å². The summed E-state index contributed by atoms with van der Waals surface area (Å²) >= 11 is 1.69. The van der Waals surface area contributed by atoms with Crippen molar-refractivity contribution in [3.63, 3.8) is 0 Å². The van der Waals surface area contributed by atoms with Gasteiger partial charge < -0.3 is 24.5 Å². The zero-order valence-corrected chi connectivity index (χ0v) is 26.4. The van der Waals surface area contributed by atoms with Crippen LogP contribution < -0.4 is 9.64 Å². The van der Waals surface area contributed by atoms with Crippen LogP contribution in [0.5, 0.6) is 5.75 Å². The van der Waals surface area contributed by atoms with Gasteiger partial charge in [0, 0.05) is 42.7 Å². The summed E-state index contributed by atoms with van der Waals surface area (Å²) < 4.78 is 4.46. The SMILES string of the molecule is C=CCN(C(=O)[C@@H]1[C@H]2C(=O)N(CCCCCO)C(C(=O)N(CC=C)C(C)C)C23CC[C@@]1(C)S3)c1ccc(OCC)cc1. The van der Waals surface area contributed by atoms with Crippen LogP contribution in [0.4, 0.5) is 5.69 Å². The second kappa shape index (κ2) is 13.2. The molecule has 1 aromatic carbocycles. The number of amides is 3. The van der Waals surface area contributed by atoms with E-state index in [0.717, 1.165) is 24.3 Å². The molecule has 4 rings (SSSR count). The van der Waals surface area contributed by atoms with E-state index in [4.69, 9.17) is 4.74 Å². The summed E-state index contributed by atoms with van der Waals surface area (Å²) in [5.41, 5.74) is 0.727. The average Bonchev–Trinajstić information content (AvgIpc) is 3.53. The van der Waals surface area contributed by atoms with Crippen molar-refractivity contribution in [2.75, 3.05) is 37.7 Å². The number of anilines is 1. The highest BCUT2D eigenvalue weighted by Gasteiger charge is 2.77. The number of carbonyl (C=O) groups is 3. The van der Waals surface area contributed by atoms with Crippen LogP contribution in [0.2, 0.25) is 0 Å². The molecule has 3 aliphatic rings. The van der Waals surface area contributed by atoms with Gasteiger partial charge in [-0.2, -0.15) is 0 Å². The molecule has 0 radical (unpaired) electrons. The Morgan fingerprint density at radius 2 is 1.81 bits per heavy atom. The first kappa shape index (κ1) is 32.1. The minimum atomic E-state index is -0.673. The highest BCUT2D eigenvalue weighted by atomic mass is 32.2. The van der Waals surface area contributed by atoms with Crippen LogP contribution in [0.15, 0.2) is 49.6 Å². The Balaban J connectivity index is 1.74. The quantitative estimate of drug-likeness (QED) is 0.234. The van der Waals surface area contributed by atoms with Gasteiger partial charge in [0.25, 0.3) is 0 Å². The highest BCUT2D eigenvalue weighted by Crippen LogP contribution is 2.71. The van der Waals surface area contributed by atoms with Crippen molar-refractivity contribution in [1.29, 1.82) is 0 Å². The molecule has 3 saturated heterocycles. The van der Waals surface area contributed by atoms with E-state index in [-0.39, 0.29) is 30.4 Å². The molecule has 0 aromatic heterocycles. The predicted octanol–water partition coefficient (Wildman–Crippen LogP) is 4.67. The molecule has 1 N–H and O–H groups in total. The molecular weight excluding hydrogens is 550 g/mol. The van der Waals surface area contributed by atoms with E-state index >= 15 is 0 Å². The molecule has 230 valence electrons. The zero-order valence-electron chi connectivity index (χ0n) is 25.6. The number of likely N-dealkylation sites (tertiary alicyclic amines) is 1. The minimum Gasteiger partial charge on any atom is -0.494 e. The Hall–Kier alpha value is -2.78. The van der Waals surface area contributed by atoms with Gasteiger partial charge in [-0.3, -0.25) is 14.4 Å². The molecule has 3 heterocycles. The van der Waals surface area contributed by atoms with Crippen LogP contribution >= 0.6 is 11.8 Å². The molecule has 9 heteroatoms. The standard InChI is InChI=1S/C33H47N3O5S/c1-7-19-34(23(4)5)31(40)28-33-18-17-32(6,42-33)26(27(33)30(39)36(28)21-11-10-12-22-37)29(38)35(20-8-2)24-13-15-25(16-14-24)41-9-3/h7-8,13-16,23,26-28,37H,1-2,9-12,17-22H2,3-6H3/t26-,27-,28?,32+,33?/m0/s1. The molecule has 0 aliphatic carbocycles. The smallest absolute Gasteiger partial charge is 0.247 e. The molecule has 42 heavy (non-hydrogen) atoms. The van der Waals surface area contributed by atoms with Crippen molar-refractivity contribution < 1.29 is 24.2 Å². The third-order valence-electron chi connectivity index (χ3n) is 9.10. The van der Waals surface area contributed by atoms with Gasteiger partial charge in [0.15, 0.2) is 0 Å². The lowest BCUT2D eigenvalue weighted by Gasteiger charge is -2.39. The van der Waals surface area contributed by atoms with E-state index in [0.29, 0.717) is 45.5 Å². The first-order valence-corrected chi connectivity index (χ1v) is 16.1. The Morgan fingerprint density at radius 3 is 2.40 bits per heavy atom. The largest absolute Gasteiger partial charge is 0.494 e. The van der Waals surface area contributed by atoms with Gasteiger partial charge in [0.05, 0.1) is 23.2 Å². The van der Waals surface area contributed by atoms with Crippen molar-refractivity contribution in [2.24, 2.45) is 11.8 Å². The average molecular weight is 598 g/mol. The number of ether oxygens (including phenoxy) is 1. The van der Waals surface area contributed by atoms with E-state index < -0.39 is 27.4 Å². The van der Waals surface area contributed by atoms with E-state index in [1.165, 1.54) is 0 Å². The molecule has 8 nitrogen and oxygen atoms in total. The van der Waals surface area contributed by atoms with Crippen LogP contribution in [0, 0.1) is 11.8 Å². The summed E-state index contributed by atoms with van der Waals surface area (Å²) in [6.45, 7) is 17.5. The summed E-state index contributed by atoms with van der Waals surface area (Å²) in [5.74, 6) is -0.698. The number of rotatable bonds is 15. The summed E-state index contributed by atoms with van der Waals surface area (Å²) in [4.78, 5) is 48.7. The van der Waals surface area contributed by atoms with Gasteiger partial charge in [0.2, 0.25) is 17.7 Å². The van der Waals surface area contributed by atoms with Crippen molar-refractivity contribution in [3.05, 3.63) is 49.6 Å². The van der Waals surface area contributed by atoms with Crippen molar-refractivity contribution in [1.82, 2.24) is 9.80 Å². The van der Waals surface area contributed by atoms with E-state index in [1.54, 1.807) is 38.6 Å². The van der Waals surface area contributed by atoms with Gasteiger partial charge in [-0.15, -0.1) is 24.9 Å². The fraction of sp³-hybridized carbons (Fsp3) is 0.606. The number of aliphatic hydroxyl groups is 1. The lowest BCUT2D eigenvalue weighted by molar-refractivity contribution is -0.143. The Kier molecular flexibility index (Phi) is 10.1. The maximum atomic E-state index is 14.6. The first-order chi connectivity index (χ1) is 20.1. The Bertz CT molecular complexity index is 1170. The lowest BCUT2D eigenvalue weighted by Crippen LogP contribution is -2.56. The monoisotopic (exact) mass is 597 g/mol. The topological polar surface area (TPSA) is 90.4 Å². The molecule has 5 atom stereocenters. The highest BCUT2D eigenvalue weighted by molar-refractivity contribution is 8.02. The number of hydrogen-bond donors (Lipinski definition) is 1. The van der Waals surface area contributed by atoms with Crippen LogP contribution in [0.1, 0.15) is 59.8 Å². The molecule has 2 bridgehead atoms. The van der Waals surface area contributed by atoms with Gasteiger partial charge in [-0.25, -0.2) is 0 Å². The normalized spacial score (nSPS) is 27.7. The molecule has 3 aliphatic heterocycles. The van der Waals surface area contributed by atoms with Gasteiger partial charge >= 0.3 is 0 Å². The maximum Gasteiger partial charge on any atom is 0.247 e. The van der Waals surface area contributed by atoms with E-state index in [1.807, 2.05) is 45.0 Å². The molecule has 3 amide bonds. The Morgan fingerprint density at radius 1 is 1.12 bits per heavy atom. The number of benzene rings is 1. The van der Waals surface area contributed by atoms with Crippen LogP contribution in [-0.4, -0.2) is 87.1 Å². The summed E-state index contributed by atoms with van der Waals surface area (Å²) in [5, 5.41) is 9.30. The first-order valence-electron chi connectivity index (χ1n) is 15.3. The number of nitrogens with zero attached hydrogens (tertiary/aromatic N) is 3. The summed E-state index contributed by atoms with van der Waals surface area (Å²) in [7, 11) is 0. The van der Waals surface area contributed by atoms with E-state index in [2.05, 4.69) is 20.1 Å². The molecule has 2 unspecified atom stereocenters. The number of unbranched alkanes of at least 4 members (excludes halogenated alkanes) is 2. The maximum absolute atomic E-state index is 14.6. The number of carbonyl (C=O) groups excluding carboxylic acids is 3.